The number of benzene rings is 1. The first kappa shape index (κ1) is 23.4. The highest BCUT2D eigenvalue weighted by Gasteiger charge is 2.33. The molecule has 3 rings (SSSR count). The molecule has 2 aromatic rings. The Labute approximate surface area is 186 Å². The molecular weight excluding hydrogens is 442 g/mol. The number of methoxy groups -OCH3 is 2. The molecule has 12 heteroatoms. The molecule has 1 saturated heterocycles. The van der Waals surface area contributed by atoms with Gasteiger partial charge in [0.05, 0.1) is 25.0 Å². The summed E-state index contributed by atoms with van der Waals surface area (Å²) in [6.07, 6.45) is 1.27. The number of carbonyl (C=O) groups is 1. The van der Waals surface area contributed by atoms with E-state index in [9.17, 15) is 13.2 Å². The molecule has 10 nitrogen and oxygen atoms in total. The number of rotatable bonds is 9. The molecule has 1 aliphatic rings. The van der Waals surface area contributed by atoms with Crippen molar-refractivity contribution >= 4 is 27.7 Å². The van der Waals surface area contributed by atoms with Gasteiger partial charge in [-0.25, -0.2) is 13.4 Å². The molecule has 1 amide bonds. The van der Waals surface area contributed by atoms with Crippen molar-refractivity contribution in [3.63, 3.8) is 0 Å². The summed E-state index contributed by atoms with van der Waals surface area (Å²) in [5.41, 5.74) is 0. The number of nitrogens with zero attached hydrogens (tertiary/aromatic N) is 3. The van der Waals surface area contributed by atoms with Crippen molar-refractivity contribution in [1.29, 1.82) is 0 Å². The smallest absolute Gasteiger partial charge is 0.243 e. The van der Waals surface area contributed by atoms with Gasteiger partial charge in [0.15, 0.2) is 11.5 Å². The number of hydrogen-bond donors (Lipinski definition) is 2. The van der Waals surface area contributed by atoms with Crippen LogP contribution in [0.1, 0.15) is 18.7 Å². The fourth-order valence-electron chi connectivity index (χ4n) is 3.35. The molecule has 1 atom stereocenters. The van der Waals surface area contributed by atoms with Gasteiger partial charge in [-0.2, -0.15) is 4.31 Å². The first-order valence-electron chi connectivity index (χ1n) is 9.87. The van der Waals surface area contributed by atoms with Gasteiger partial charge < -0.3 is 14.8 Å². The van der Waals surface area contributed by atoms with Crippen LogP contribution in [0.4, 0.5) is 0 Å². The van der Waals surface area contributed by atoms with Crippen molar-refractivity contribution in [2.45, 2.75) is 29.8 Å². The molecule has 0 radical (unpaired) electrons. The maximum Gasteiger partial charge on any atom is 0.243 e. The van der Waals surface area contributed by atoms with Crippen LogP contribution >= 0.6 is 11.8 Å². The number of aromatic nitrogens is 3. The van der Waals surface area contributed by atoms with E-state index in [1.807, 2.05) is 6.92 Å². The summed E-state index contributed by atoms with van der Waals surface area (Å²) < 4.78 is 38.0. The highest BCUT2D eigenvalue weighted by molar-refractivity contribution is 7.99. The second-order valence-electron chi connectivity index (χ2n) is 7.06. The first-order valence-corrected chi connectivity index (χ1v) is 12.3. The fraction of sp³-hybridized carbons (Fsp3) is 0.526. The summed E-state index contributed by atoms with van der Waals surface area (Å²) in [6.45, 7) is 2.80. The molecule has 1 aromatic heterocycles. The lowest BCUT2D eigenvalue weighted by Crippen LogP contribution is -2.45. The van der Waals surface area contributed by atoms with Crippen LogP contribution in [0, 0.1) is 12.8 Å². The Balaban J connectivity index is 1.58. The van der Waals surface area contributed by atoms with Gasteiger partial charge in [-0.05, 0) is 31.9 Å². The largest absolute Gasteiger partial charge is 0.493 e. The number of nitrogens with one attached hydrogen (secondary N) is 2. The Kier molecular flexibility index (Phi) is 7.79. The number of piperidine rings is 1. The number of hydrogen-bond acceptors (Lipinski definition) is 8. The minimum absolute atomic E-state index is 0.115. The Bertz CT molecular complexity index is 1010. The lowest BCUT2D eigenvalue weighted by Gasteiger charge is -2.31. The molecule has 1 aliphatic heterocycles. The molecule has 0 spiro atoms. The van der Waals surface area contributed by atoms with Gasteiger partial charge in [-0.1, -0.05) is 11.8 Å². The molecular formula is C19H27N5O5S2. The number of thioether (sulfide) groups is 1. The second kappa shape index (κ2) is 10.3. The van der Waals surface area contributed by atoms with Gasteiger partial charge in [0.1, 0.15) is 5.82 Å². The molecule has 0 unspecified atom stereocenters. The maximum absolute atomic E-state index is 13.1. The summed E-state index contributed by atoms with van der Waals surface area (Å²) in [5, 5.41) is 10.3. The second-order valence-corrected chi connectivity index (χ2v) is 10.1. The Hall–Kier alpha value is -2.31. The van der Waals surface area contributed by atoms with Gasteiger partial charge in [0.25, 0.3) is 0 Å². The van der Waals surface area contributed by atoms with E-state index in [4.69, 9.17) is 9.47 Å². The lowest BCUT2D eigenvalue weighted by atomic mass is 9.99. The highest BCUT2D eigenvalue weighted by Crippen LogP contribution is 2.32. The summed E-state index contributed by atoms with van der Waals surface area (Å²) in [4.78, 5) is 16.9. The van der Waals surface area contributed by atoms with Crippen LogP contribution in [0.3, 0.4) is 0 Å². The van der Waals surface area contributed by atoms with E-state index in [-0.39, 0.29) is 23.3 Å². The summed E-state index contributed by atoms with van der Waals surface area (Å²) in [6, 6.07) is 4.50. The number of aromatic amines is 1. The molecule has 0 aliphatic carbocycles. The number of carbonyl (C=O) groups excluding carboxylic acids is 1. The fourth-order valence-corrected chi connectivity index (χ4v) is 5.59. The van der Waals surface area contributed by atoms with Crippen LogP contribution in [-0.2, 0) is 14.8 Å². The van der Waals surface area contributed by atoms with E-state index < -0.39 is 10.0 Å². The van der Waals surface area contributed by atoms with E-state index in [2.05, 4.69) is 20.5 Å². The van der Waals surface area contributed by atoms with Crippen LogP contribution in [0.25, 0.3) is 0 Å². The highest BCUT2D eigenvalue weighted by atomic mass is 32.2. The van der Waals surface area contributed by atoms with E-state index in [0.29, 0.717) is 48.3 Å². The minimum atomic E-state index is -3.75. The standard InChI is InChI=1S/C19H27N5O5S2/c1-13-21-19(23-22-13)30-10-8-20-18(25)14-5-4-9-24(12-14)31(26,27)15-6-7-16(28-2)17(11-15)29-3/h6-7,11,14H,4-5,8-10,12H2,1-3H3,(H,20,25)(H,21,22,23)/t14-/m0/s1. The number of H-pyrrole nitrogens is 1. The van der Waals surface area contributed by atoms with Crippen LogP contribution < -0.4 is 14.8 Å². The number of aryl methyl sites for hydroxylation is 1. The third-order valence-electron chi connectivity index (χ3n) is 4.96. The normalized spacial score (nSPS) is 17.3. The van der Waals surface area contributed by atoms with Gasteiger partial charge in [-0.3, -0.25) is 9.89 Å². The van der Waals surface area contributed by atoms with Crippen molar-refractivity contribution in [2.24, 2.45) is 5.92 Å². The third-order valence-corrected chi connectivity index (χ3v) is 7.67. The Morgan fingerprint density at radius 3 is 2.77 bits per heavy atom. The van der Waals surface area contributed by atoms with Crippen LogP contribution in [0.15, 0.2) is 28.3 Å². The van der Waals surface area contributed by atoms with E-state index in [0.717, 1.165) is 5.82 Å². The van der Waals surface area contributed by atoms with Crippen molar-refractivity contribution in [3.8, 4) is 11.5 Å². The molecule has 1 fully saturated rings. The zero-order valence-electron chi connectivity index (χ0n) is 17.8. The summed E-state index contributed by atoms with van der Waals surface area (Å²) in [5.74, 6) is 1.64. The third kappa shape index (κ3) is 5.69. The summed E-state index contributed by atoms with van der Waals surface area (Å²) >= 11 is 1.44. The van der Waals surface area contributed by atoms with E-state index in [1.165, 1.54) is 42.4 Å². The van der Waals surface area contributed by atoms with E-state index in [1.54, 1.807) is 6.07 Å². The molecule has 170 valence electrons. The van der Waals surface area contributed by atoms with Crippen molar-refractivity contribution < 1.29 is 22.7 Å². The van der Waals surface area contributed by atoms with Crippen molar-refractivity contribution in [2.75, 3.05) is 39.6 Å². The maximum atomic E-state index is 13.1. The molecule has 0 bridgehead atoms. The average molecular weight is 470 g/mol. The predicted octanol–water partition coefficient (Wildman–Crippen LogP) is 1.44. The van der Waals surface area contributed by atoms with Gasteiger partial charge in [0.2, 0.25) is 21.1 Å². The quantitative estimate of drug-likeness (QED) is 0.417. The first-order chi connectivity index (χ1) is 14.8. The topological polar surface area (TPSA) is 127 Å². The van der Waals surface area contributed by atoms with Crippen LogP contribution in [0.2, 0.25) is 0 Å². The Morgan fingerprint density at radius 2 is 2.10 bits per heavy atom. The monoisotopic (exact) mass is 469 g/mol. The zero-order valence-corrected chi connectivity index (χ0v) is 19.4. The SMILES string of the molecule is COc1ccc(S(=O)(=O)N2CCC[C@H](C(=O)NCCSc3n[nH]c(C)n3)C2)cc1OC. The molecule has 1 aromatic carbocycles. The molecule has 0 saturated carbocycles. The lowest BCUT2D eigenvalue weighted by molar-refractivity contribution is -0.125. The number of sulfonamides is 1. The van der Waals surface area contributed by atoms with Gasteiger partial charge in [0, 0.05) is 31.5 Å². The molecule has 2 N–H and O–H groups in total. The van der Waals surface area contributed by atoms with Crippen molar-refractivity contribution in [1.82, 2.24) is 24.8 Å². The van der Waals surface area contributed by atoms with Gasteiger partial charge >= 0.3 is 0 Å². The minimum Gasteiger partial charge on any atom is -0.493 e. The average Bonchev–Trinajstić information content (AvgIpc) is 3.21. The van der Waals surface area contributed by atoms with E-state index >= 15 is 0 Å². The molecule has 31 heavy (non-hydrogen) atoms. The van der Waals surface area contributed by atoms with Gasteiger partial charge in [-0.15, -0.1) is 5.10 Å². The Morgan fingerprint density at radius 1 is 1.32 bits per heavy atom. The summed E-state index contributed by atoms with van der Waals surface area (Å²) in [7, 11) is -0.805. The van der Waals surface area contributed by atoms with Crippen molar-refractivity contribution in [3.05, 3.63) is 24.0 Å². The number of ether oxygens (including phenoxy) is 2. The van der Waals surface area contributed by atoms with Crippen LogP contribution in [0.5, 0.6) is 11.5 Å². The van der Waals surface area contributed by atoms with Crippen LogP contribution in [-0.4, -0.2) is 73.4 Å². The zero-order chi connectivity index (χ0) is 22.4. The number of amides is 1. The molecule has 2 heterocycles. The predicted molar refractivity (Wildman–Crippen MR) is 116 cm³/mol.